The zero-order valence-corrected chi connectivity index (χ0v) is 15.2. The number of ether oxygens (including phenoxy) is 1. The molecule has 1 heterocycles. The predicted molar refractivity (Wildman–Crippen MR) is 94.3 cm³/mol. The van der Waals surface area contributed by atoms with Gasteiger partial charge in [-0.05, 0) is 25.0 Å². The fourth-order valence-electron chi connectivity index (χ4n) is 2.93. The van der Waals surface area contributed by atoms with E-state index >= 15 is 0 Å². The van der Waals surface area contributed by atoms with E-state index < -0.39 is 30.2 Å². The lowest BCUT2D eigenvalue weighted by Crippen LogP contribution is -2.58. The highest BCUT2D eigenvalue weighted by Crippen LogP contribution is 2.20. The van der Waals surface area contributed by atoms with Crippen LogP contribution in [0.15, 0.2) is 24.3 Å². The second-order valence-electron chi connectivity index (χ2n) is 6.04. The molecule has 4 amide bonds. The zero-order chi connectivity index (χ0) is 20.0. The highest BCUT2D eigenvalue weighted by atomic mass is 16.5. The monoisotopic (exact) mass is 377 g/mol. The number of carbonyl (C=O) groups is 4. The van der Waals surface area contributed by atoms with E-state index in [2.05, 4.69) is 10.6 Å². The lowest BCUT2D eigenvalue weighted by molar-refractivity contribution is -0.138. The molecule has 1 aromatic carbocycles. The van der Waals surface area contributed by atoms with Crippen molar-refractivity contribution in [3.63, 3.8) is 0 Å². The van der Waals surface area contributed by atoms with Crippen LogP contribution in [0.3, 0.4) is 0 Å². The molecule has 1 aliphatic rings. The number of imide groups is 1. The summed E-state index contributed by atoms with van der Waals surface area (Å²) >= 11 is 0. The van der Waals surface area contributed by atoms with Gasteiger partial charge >= 0.3 is 6.09 Å². The second kappa shape index (κ2) is 9.13. The molecule has 0 aliphatic carbocycles. The smallest absolute Gasteiger partial charge is 0.407 e. The molecule has 0 saturated carbocycles. The Morgan fingerprint density at radius 2 is 2.04 bits per heavy atom. The van der Waals surface area contributed by atoms with Crippen molar-refractivity contribution >= 4 is 23.8 Å². The van der Waals surface area contributed by atoms with E-state index in [0.717, 1.165) is 4.90 Å². The number of nitrogens with one attached hydrogen (secondary N) is 2. The molecule has 2 atom stereocenters. The quantitative estimate of drug-likeness (QED) is 0.687. The highest BCUT2D eigenvalue weighted by Gasteiger charge is 2.37. The van der Waals surface area contributed by atoms with Crippen molar-refractivity contribution in [3.05, 3.63) is 35.4 Å². The summed E-state index contributed by atoms with van der Waals surface area (Å²) in [5.74, 6) is -1.49. The number of hydrogen-bond acceptors (Lipinski definition) is 6. The van der Waals surface area contributed by atoms with Crippen molar-refractivity contribution in [2.24, 2.45) is 0 Å². The molecule has 1 aromatic rings. The Bertz CT molecular complexity index is 736. The van der Waals surface area contributed by atoms with Gasteiger partial charge in [-0.15, -0.1) is 0 Å². The topological polar surface area (TPSA) is 125 Å². The van der Waals surface area contributed by atoms with Gasteiger partial charge < -0.3 is 20.5 Å². The molecule has 146 valence electrons. The number of alkyl carbamates (subject to hydrolysis) is 1. The second-order valence-corrected chi connectivity index (χ2v) is 6.04. The van der Waals surface area contributed by atoms with E-state index in [1.165, 1.54) is 13.0 Å². The largest absolute Gasteiger partial charge is 0.450 e. The molecule has 3 N–H and O–H groups in total. The maximum absolute atomic E-state index is 13.0. The van der Waals surface area contributed by atoms with Crippen molar-refractivity contribution in [2.75, 3.05) is 6.61 Å². The number of carbonyl (C=O) groups excluding carboxylic acids is 4. The summed E-state index contributed by atoms with van der Waals surface area (Å²) in [5, 5.41) is 15.0. The summed E-state index contributed by atoms with van der Waals surface area (Å²) in [6.45, 7) is 3.16. The Morgan fingerprint density at radius 1 is 1.33 bits per heavy atom. The van der Waals surface area contributed by atoms with Gasteiger partial charge in [0.05, 0.1) is 12.6 Å². The molecular formula is C18H23N3O6. The fraction of sp³-hybridized carbons (Fsp3) is 0.444. The van der Waals surface area contributed by atoms with E-state index in [9.17, 15) is 24.3 Å². The molecule has 2 unspecified atom stereocenters. The van der Waals surface area contributed by atoms with Gasteiger partial charge in [-0.3, -0.25) is 19.3 Å². The third kappa shape index (κ3) is 5.04. The van der Waals surface area contributed by atoms with E-state index in [-0.39, 0.29) is 37.5 Å². The van der Waals surface area contributed by atoms with E-state index in [1.54, 1.807) is 25.1 Å². The molecule has 1 fully saturated rings. The van der Waals surface area contributed by atoms with Gasteiger partial charge in [0.1, 0.15) is 6.23 Å². The van der Waals surface area contributed by atoms with Crippen molar-refractivity contribution < 1.29 is 29.0 Å². The molecular weight excluding hydrogens is 354 g/mol. The summed E-state index contributed by atoms with van der Waals surface area (Å²) in [4.78, 5) is 49.0. The number of aliphatic hydroxyl groups excluding tert-OH is 1. The summed E-state index contributed by atoms with van der Waals surface area (Å²) in [7, 11) is 0. The van der Waals surface area contributed by atoms with Crippen molar-refractivity contribution in [3.8, 4) is 0 Å². The SMILES string of the molecule is CCOC(=O)NCc1ccccc1C(=O)N(C(C)=O)C1CCC(=O)NC1O. The van der Waals surface area contributed by atoms with Crippen molar-refractivity contribution in [1.82, 2.24) is 15.5 Å². The van der Waals surface area contributed by atoms with Gasteiger partial charge in [-0.25, -0.2) is 4.79 Å². The molecule has 1 saturated heterocycles. The van der Waals surface area contributed by atoms with Crippen LogP contribution in [0.2, 0.25) is 0 Å². The van der Waals surface area contributed by atoms with E-state index in [4.69, 9.17) is 4.74 Å². The number of amides is 4. The highest BCUT2D eigenvalue weighted by molar-refractivity contribution is 6.05. The number of hydrogen-bond donors (Lipinski definition) is 3. The Balaban J connectivity index is 2.24. The summed E-state index contributed by atoms with van der Waals surface area (Å²) in [6, 6.07) is 5.66. The molecule has 0 aromatic heterocycles. The first-order valence-electron chi connectivity index (χ1n) is 8.65. The first-order valence-corrected chi connectivity index (χ1v) is 8.65. The van der Waals surface area contributed by atoms with Crippen LogP contribution in [0, 0.1) is 0 Å². The van der Waals surface area contributed by atoms with Gasteiger partial charge in [-0.1, -0.05) is 18.2 Å². The third-order valence-electron chi connectivity index (χ3n) is 4.18. The maximum Gasteiger partial charge on any atom is 0.407 e. The van der Waals surface area contributed by atoms with Gasteiger partial charge in [0.2, 0.25) is 11.8 Å². The Labute approximate surface area is 156 Å². The summed E-state index contributed by atoms with van der Waals surface area (Å²) in [5.41, 5.74) is 0.713. The minimum atomic E-state index is -1.33. The third-order valence-corrected chi connectivity index (χ3v) is 4.18. The maximum atomic E-state index is 13.0. The Kier molecular flexibility index (Phi) is 6.89. The van der Waals surface area contributed by atoms with Crippen LogP contribution in [0.25, 0.3) is 0 Å². The number of piperidine rings is 1. The average Bonchev–Trinajstić information content (AvgIpc) is 2.62. The lowest BCUT2D eigenvalue weighted by Gasteiger charge is -2.36. The number of rotatable bonds is 5. The van der Waals surface area contributed by atoms with Crippen LogP contribution in [0.1, 0.15) is 42.6 Å². The molecule has 0 radical (unpaired) electrons. The Hall–Kier alpha value is -2.94. The summed E-state index contributed by atoms with van der Waals surface area (Å²) < 4.78 is 4.80. The lowest BCUT2D eigenvalue weighted by atomic mass is 10.00. The molecule has 1 aliphatic heterocycles. The first kappa shape index (κ1) is 20.4. The predicted octanol–water partition coefficient (Wildman–Crippen LogP) is 0.518. The molecule has 0 spiro atoms. The van der Waals surface area contributed by atoms with Crippen LogP contribution >= 0.6 is 0 Å². The molecule has 27 heavy (non-hydrogen) atoms. The van der Waals surface area contributed by atoms with Crippen LogP contribution in [0.4, 0.5) is 4.79 Å². The van der Waals surface area contributed by atoms with E-state index in [1.807, 2.05) is 0 Å². The van der Waals surface area contributed by atoms with Gasteiger partial charge in [0.15, 0.2) is 0 Å². The van der Waals surface area contributed by atoms with Gasteiger partial charge in [0.25, 0.3) is 5.91 Å². The van der Waals surface area contributed by atoms with Crippen LogP contribution in [-0.2, 0) is 20.9 Å². The van der Waals surface area contributed by atoms with Crippen LogP contribution in [0.5, 0.6) is 0 Å². The van der Waals surface area contributed by atoms with Gasteiger partial charge in [-0.2, -0.15) is 0 Å². The van der Waals surface area contributed by atoms with Crippen molar-refractivity contribution in [1.29, 1.82) is 0 Å². The average molecular weight is 377 g/mol. The number of aliphatic hydroxyl groups is 1. The van der Waals surface area contributed by atoms with Gasteiger partial charge in [0, 0.05) is 25.5 Å². The van der Waals surface area contributed by atoms with E-state index in [0.29, 0.717) is 5.56 Å². The summed E-state index contributed by atoms with van der Waals surface area (Å²) in [6.07, 6.45) is -1.68. The first-order chi connectivity index (χ1) is 12.8. The zero-order valence-electron chi connectivity index (χ0n) is 15.2. The standard InChI is InChI=1S/C18H23N3O6/c1-3-27-18(26)19-10-12-6-4-5-7-13(12)17(25)21(11(2)22)14-8-9-15(23)20-16(14)24/h4-7,14,16,24H,3,8-10H2,1-2H3,(H,19,26)(H,20,23). The minimum absolute atomic E-state index is 0.0381. The Morgan fingerprint density at radius 3 is 2.67 bits per heavy atom. The normalized spacial score (nSPS) is 19.0. The van der Waals surface area contributed by atoms with Crippen LogP contribution < -0.4 is 10.6 Å². The number of nitrogens with zero attached hydrogens (tertiary/aromatic N) is 1. The van der Waals surface area contributed by atoms with Crippen molar-refractivity contribution in [2.45, 2.75) is 45.5 Å². The fourth-order valence-corrected chi connectivity index (χ4v) is 2.93. The van der Waals surface area contributed by atoms with Crippen LogP contribution in [-0.4, -0.2) is 52.7 Å². The molecule has 9 nitrogen and oxygen atoms in total. The number of benzene rings is 1. The molecule has 2 rings (SSSR count). The molecule has 9 heteroatoms. The molecule has 0 bridgehead atoms. The minimum Gasteiger partial charge on any atom is -0.450 e.